The van der Waals surface area contributed by atoms with Gasteiger partial charge in [0.1, 0.15) is 6.54 Å². The van der Waals surface area contributed by atoms with Crippen molar-refractivity contribution >= 4 is 29.1 Å². The predicted octanol–water partition coefficient (Wildman–Crippen LogP) is 1.33. The molecule has 0 bridgehead atoms. The number of carbonyl (C=O) groups is 2. The van der Waals surface area contributed by atoms with E-state index < -0.39 is 0 Å². The topological polar surface area (TPSA) is 128 Å². The van der Waals surface area contributed by atoms with Crippen molar-refractivity contribution in [2.75, 3.05) is 16.4 Å². The SMILES string of the molecule is CCCCC(=O)Nc1ccc(C)cc1NC(=O)Cn1nnnc1N. The third-order valence-electron chi connectivity index (χ3n) is 3.33. The Balaban J connectivity index is 2.07. The Labute approximate surface area is 139 Å². The van der Waals surface area contributed by atoms with Crippen molar-refractivity contribution in [2.45, 2.75) is 39.7 Å². The minimum Gasteiger partial charge on any atom is -0.367 e. The van der Waals surface area contributed by atoms with E-state index in [1.54, 1.807) is 12.1 Å². The summed E-state index contributed by atoms with van der Waals surface area (Å²) in [6, 6.07) is 5.42. The normalized spacial score (nSPS) is 10.4. The first-order chi connectivity index (χ1) is 11.5. The van der Waals surface area contributed by atoms with Crippen molar-refractivity contribution in [2.24, 2.45) is 0 Å². The van der Waals surface area contributed by atoms with Gasteiger partial charge in [-0.25, -0.2) is 4.68 Å². The van der Waals surface area contributed by atoms with Gasteiger partial charge in [-0.1, -0.05) is 24.5 Å². The molecule has 0 saturated carbocycles. The van der Waals surface area contributed by atoms with E-state index in [0.29, 0.717) is 17.8 Å². The Bertz CT molecular complexity index is 726. The molecule has 24 heavy (non-hydrogen) atoms. The highest BCUT2D eigenvalue weighted by Crippen LogP contribution is 2.23. The van der Waals surface area contributed by atoms with Crippen LogP contribution in [0.1, 0.15) is 31.7 Å². The summed E-state index contributed by atoms with van der Waals surface area (Å²) < 4.78 is 1.19. The molecule has 2 aromatic rings. The van der Waals surface area contributed by atoms with Crippen molar-refractivity contribution in [1.29, 1.82) is 0 Å². The highest BCUT2D eigenvalue weighted by atomic mass is 16.2. The molecule has 1 aromatic heterocycles. The second-order valence-corrected chi connectivity index (χ2v) is 5.44. The number of nitrogens with two attached hydrogens (primary N) is 1. The van der Waals surface area contributed by atoms with Gasteiger partial charge in [-0.3, -0.25) is 9.59 Å². The van der Waals surface area contributed by atoms with Crippen LogP contribution in [0.4, 0.5) is 17.3 Å². The number of aromatic nitrogens is 4. The van der Waals surface area contributed by atoms with Crippen LogP contribution >= 0.6 is 0 Å². The van der Waals surface area contributed by atoms with E-state index in [2.05, 4.69) is 26.2 Å². The fourth-order valence-electron chi connectivity index (χ4n) is 2.07. The molecule has 0 aliphatic heterocycles. The van der Waals surface area contributed by atoms with E-state index in [-0.39, 0.29) is 24.3 Å². The lowest BCUT2D eigenvalue weighted by molar-refractivity contribution is -0.117. The number of anilines is 3. The number of hydrogen-bond acceptors (Lipinski definition) is 6. The van der Waals surface area contributed by atoms with Crippen LogP contribution in [0.3, 0.4) is 0 Å². The number of aryl methyl sites for hydroxylation is 1. The zero-order chi connectivity index (χ0) is 17.5. The van der Waals surface area contributed by atoms with E-state index in [1.165, 1.54) is 4.68 Å². The number of hydrogen-bond donors (Lipinski definition) is 3. The molecule has 1 heterocycles. The van der Waals surface area contributed by atoms with Gasteiger partial charge in [-0.05, 0) is 41.5 Å². The van der Waals surface area contributed by atoms with Crippen molar-refractivity contribution in [3.63, 3.8) is 0 Å². The average molecular weight is 331 g/mol. The van der Waals surface area contributed by atoms with Crippen molar-refractivity contribution < 1.29 is 9.59 Å². The molecule has 1 aromatic carbocycles. The molecule has 0 unspecified atom stereocenters. The molecule has 0 aliphatic carbocycles. The third kappa shape index (κ3) is 4.77. The number of unbranched alkanes of at least 4 members (excludes halogenated alkanes) is 1. The van der Waals surface area contributed by atoms with Crippen LogP contribution in [-0.2, 0) is 16.1 Å². The van der Waals surface area contributed by atoms with Crippen LogP contribution in [0.25, 0.3) is 0 Å². The fourth-order valence-corrected chi connectivity index (χ4v) is 2.07. The van der Waals surface area contributed by atoms with Gasteiger partial charge in [-0.2, -0.15) is 0 Å². The lowest BCUT2D eigenvalue weighted by Gasteiger charge is -2.13. The Hall–Kier alpha value is -2.97. The first-order valence-corrected chi connectivity index (χ1v) is 7.71. The minimum absolute atomic E-state index is 0.0579. The highest BCUT2D eigenvalue weighted by molar-refractivity contribution is 5.99. The second kappa shape index (κ2) is 8.04. The molecule has 2 rings (SSSR count). The summed E-state index contributed by atoms with van der Waals surface area (Å²) >= 11 is 0. The van der Waals surface area contributed by atoms with Crippen LogP contribution in [0, 0.1) is 6.92 Å². The molecule has 128 valence electrons. The van der Waals surface area contributed by atoms with Gasteiger partial charge in [0.05, 0.1) is 11.4 Å². The molecule has 0 spiro atoms. The largest absolute Gasteiger partial charge is 0.367 e. The Morgan fingerprint density at radius 3 is 2.62 bits per heavy atom. The maximum Gasteiger partial charge on any atom is 0.246 e. The number of nitrogen functional groups attached to an aromatic ring is 1. The van der Waals surface area contributed by atoms with Gasteiger partial charge in [0.15, 0.2) is 0 Å². The quantitative estimate of drug-likeness (QED) is 0.702. The van der Waals surface area contributed by atoms with Gasteiger partial charge in [0.25, 0.3) is 0 Å². The summed E-state index contributed by atoms with van der Waals surface area (Å²) in [5.41, 5.74) is 7.58. The molecule has 9 nitrogen and oxygen atoms in total. The number of carbonyl (C=O) groups excluding carboxylic acids is 2. The number of tetrazole rings is 1. The number of amides is 2. The van der Waals surface area contributed by atoms with Crippen molar-refractivity contribution in [3.05, 3.63) is 23.8 Å². The van der Waals surface area contributed by atoms with Crippen LogP contribution < -0.4 is 16.4 Å². The summed E-state index contributed by atoms with van der Waals surface area (Å²) in [4.78, 5) is 24.1. The molecule has 9 heteroatoms. The van der Waals surface area contributed by atoms with E-state index in [9.17, 15) is 9.59 Å². The third-order valence-corrected chi connectivity index (χ3v) is 3.33. The van der Waals surface area contributed by atoms with Gasteiger partial charge in [-0.15, -0.1) is 0 Å². The molecule has 0 aliphatic rings. The van der Waals surface area contributed by atoms with Crippen LogP contribution in [0.2, 0.25) is 0 Å². The zero-order valence-electron chi connectivity index (χ0n) is 13.7. The van der Waals surface area contributed by atoms with Gasteiger partial charge in [0, 0.05) is 6.42 Å². The van der Waals surface area contributed by atoms with Crippen LogP contribution in [-0.4, -0.2) is 32.0 Å². The van der Waals surface area contributed by atoms with Crippen LogP contribution in [0.5, 0.6) is 0 Å². The molecule has 0 fully saturated rings. The minimum atomic E-state index is -0.344. The van der Waals surface area contributed by atoms with Crippen LogP contribution in [0.15, 0.2) is 18.2 Å². The van der Waals surface area contributed by atoms with Gasteiger partial charge < -0.3 is 16.4 Å². The molecular formula is C15H21N7O2. The average Bonchev–Trinajstić information content (AvgIpc) is 2.93. The van der Waals surface area contributed by atoms with Crippen molar-refractivity contribution in [1.82, 2.24) is 20.2 Å². The molecule has 0 radical (unpaired) electrons. The summed E-state index contributed by atoms with van der Waals surface area (Å²) in [5.74, 6) is -0.368. The standard InChI is InChI=1S/C15H21N7O2/c1-3-4-5-13(23)17-11-7-6-10(2)8-12(11)18-14(24)9-22-15(16)19-20-21-22/h6-8H,3-5,9H2,1-2H3,(H,17,23)(H,18,24)(H2,16,19,21). The second-order valence-electron chi connectivity index (χ2n) is 5.44. The summed E-state index contributed by atoms with van der Waals surface area (Å²) in [6.07, 6.45) is 2.20. The maximum absolute atomic E-state index is 12.2. The molecular weight excluding hydrogens is 310 g/mol. The van der Waals surface area contributed by atoms with E-state index >= 15 is 0 Å². The maximum atomic E-state index is 12.2. The summed E-state index contributed by atoms with van der Waals surface area (Å²) in [5, 5.41) is 16.1. The number of benzene rings is 1. The lowest BCUT2D eigenvalue weighted by Crippen LogP contribution is -2.22. The monoisotopic (exact) mass is 331 g/mol. The molecule has 0 atom stereocenters. The summed E-state index contributed by atoms with van der Waals surface area (Å²) in [7, 11) is 0. The number of nitrogens with zero attached hydrogens (tertiary/aromatic N) is 4. The Kier molecular flexibility index (Phi) is 5.83. The Morgan fingerprint density at radius 2 is 1.96 bits per heavy atom. The summed E-state index contributed by atoms with van der Waals surface area (Å²) in [6.45, 7) is 3.81. The number of rotatable bonds is 7. The smallest absolute Gasteiger partial charge is 0.246 e. The first-order valence-electron chi connectivity index (χ1n) is 7.71. The predicted molar refractivity (Wildman–Crippen MR) is 90.2 cm³/mol. The lowest BCUT2D eigenvalue weighted by atomic mass is 10.1. The van der Waals surface area contributed by atoms with E-state index in [1.807, 2.05) is 19.9 Å². The van der Waals surface area contributed by atoms with Crippen molar-refractivity contribution in [3.8, 4) is 0 Å². The van der Waals surface area contributed by atoms with Gasteiger partial charge in [0.2, 0.25) is 17.8 Å². The molecule has 2 amide bonds. The van der Waals surface area contributed by atoms with E-state index in [4.69, 9.17) is 5.73 Å². The Morgan fingerprint density at radius 1 is 1.21 bits per heavy atom. The van der Waals surface area contributed by atoms with Gasteiger partial charge >= 0.3 is 0 Å². The zero-order valence-corrected chi connectivity index (χ0v) is 13.7. The fraction of sp³-hybridized carbons (Fsp3) is 0.400. The highest BCUT2D eigenvalue weighted by Gasteiger charge is 2.12. The molecule has 4 N–H and O–H groups in total. The number of nitrogens with one attached hydrogen (secondary N) is 2. The van der Waals surface area contributed by atoms with E-state index in [0.717, 1.165) is 18.4 Å². The molecule has 0 saturated heterocycles. The first kappa shape index (κ1) is 17.4.